The van der Waals surface area contributed by atoms with Gasteiger partial charge in [0, 0.05) is 50.1 Å². The molecule has 600 valence electrons. The first-order chi connectivity index (χ1) is 63.4. The van der Waals surface area contributed by atoms with Crippen LogP contribution in [0.2, 0.25) is 0 Å². The SMILES string of the molecule is [2H]c1c([2H])c([2H])c(-c2cccc(N(c3cc(F)cc(N(c4cccc(-n5c6ccc(C(C)(C)C)cc6c6cc(C(C)(C)C)ccc65)c4)c4c(-c5c([2H])c([2H])c(C(C)(C)C)c([2H])c5[2H])c([2H])c(C(C)(C)C)c([2H])c4-c4c([2H])c(C(C)(C)C)c([2H])c(C(C)(C)C)c4[2H])c3)c3c(-c4c([2H])c([2H])c(C(C)(C)C)c([2H])c4[2H])c([2H])c(C(C)(C)C)c([2H])c3-c3c([2H])c([2H])c(C(C)(C)C)c([2H])c3C(C)(C)C)c2)c([2H])c1[2H]. The fourth-order valence-electron chi connectivity index (χ4n) is 14.3. The van der Waals surface area contributed by atoms with Crippen LogP contribution in [-0.4, -0.2) is 4.57 Å². The molecule has 0 saturated carbocycles. The third-order valence-corrected chi connectivity index (χ3v) is 21.3. The summed E-state index contributed by atoms with van der Waals surface area (Å²) in [6.45, 7) is 55.4. The molecule has 1 heterocycles. The molecule has 1 aromatic heterocycles. The first kappa shape index (κ1) is 58.8. The van der Waals surface area contributed by atoms with E-state index in [0.717, 1.165) is 45.1 Å². The molecule has 3 nitrogen and oxygen atoms in total. The number of nitrogens with zero attached hydrogens (tertiary/aromatic N) is 3. The number of hydrogen-bond acceptors (Lipinski definition) is 2. The number of hydrogen-bond donors (Lipinski definition) is 0. The van der Waals surface area contributed by atoms with Gasteiger partial charge in [-0.2, -0.15) is 0 Å². The van der Waals surface area contributed by atoms with Crippen molar-refractivity contribution < 1.29 is 35.9 Å². The van der Waals surface area contributed by atoms with E-state index in [1.807, 2.05) is 59.7 Å². The highest BCUT2D eigenvalue weighted by molar-refractivity contribution is 6.10. The molecular weight excluding hydrogens is 1410 g/mol. The van der Waals surface area contributed by atoms with Crippen molar-refractivity contribution in [1.29, 1.82) is 0 Å². The molecule has 13 aromatic rings. The van der Waals surface area contributed by atoms with Gasteiger partial charge in [0.1, 0.15) is 5.82 Å². The zero-order valence-electron chi connectivity index (χ0n) is 97.0. The van der Waals surface area contributed by atoms with Gasteiger partial charge in [-0.15, -0.1) is 0 Å². The van der Waals surface area contributed by atoms with Gasteiger partial charge in [0.25, 0.3) is 0 Å². The molecule has 0 amide bonds. The van der Waals surface area contributed by atoms with E-state index in [4.69, 9.17) is 1.37 Å². The summed E-state index contributed by atoms with van der Waals surface area (Å²) in [6.07, 6.45) is 0. The van der Waals surface area contributed by atoms with E-state index >= 15 is 4.39 Å². The van der Waals surface area contributed by atoms with Crippen LogP contribution >= 0.6 is 0 Å². The smallest absolute Gasteiger partial charge is 0.127 e. The fraction of sp³-hybridized carbons (Fsp3) is 0.357. The molecule has 13 rings (SSSR count). The van der Waals surface area contributed by atoms with Gasteiger partial charge in [-0.1, -0.05) is 353 Å². The molecule has 0 N–H and O–H groups in total. The second-order valence-electron chi connectivity index (χ2n) is 41.7. The summed E-state index contributed by atoms with van der Waals surface area (Å²) in [5.74, 6) is -1.14. The molecule has 12 aromatic carbocycles. The first-order valence-corrected chi connectivity index (χ1v) is 40.6. The molecule has 0 aliphatic carbocycles. The maximum absolute atomic E-state index is 20.3. The van der Waals surface area contributed by atoms with Crippen molar-refractivity contribution in [3.05, 3.63) is 304 Å². The Hall–Kier alpha value is -10.0. The number of benzene rings is 12. The predicted octanol–water partition coefficient (Wildman–Crippen LogP) is 33.2. The summed E-state index contributed by atoms with van der Waals surface area (Å²) in [7, 11) is 0. The number of halogens is 1. The van der Waals surface area contributed by atoms with Crippen LogP contribution in [-0.2, 0) is 54.1 Å². The second kappa shape index (κ2) is 29.9. The van der Waals surface area contributed by atoms with Crippen LogP contribution in [0.4, 0.5) is 38.5 Å². The van der Waals surface area contributed by atoms with Gasteiger partial charge in [0.2, 0.25) is 0 Å². The van der Waals surface area contributed by atoms with Crippen molar-refractivity contribution in [2.45, 2.75) is 262 Å². The third kappa shape index (κ3) is 17.2. The molecule has 0 radical (unpaired) electrons. The molecule has 0 atom stereocenters. The van der Waals surface area contributed by atoms with E-state index in [9.17, 15) is 30.2 Å². The Labute approximate surface area is 729 Å². The van der Waals surface area contributed by atoms with E-state index in [1.165, 1.54) is 40.1 Å². The molecule has 0 aliphatic heterocycles. The van der Waals surface area contributed by atoms with Crippen LogP contribution in [0.15, 0.2) is 242 Å². The Morgan fingerprint density at radius 3 is 1.06 bits per heavy atom. The lowest BCUT2D eigenvalue weighted by molar-refractivity contribution is 0.568. The van der Waals surface area contributed by atoms with Gasteiger partial charge in [0.15, 0.2) is 0 Å². The van der Waals surface area contributed by atoms with Crippen LogP contribution in [0.3, 0.4) is 0 Å². The van der Waals surface area contributed by atoms with E-state index in [2.05, 4.69) is 70.4 Å². The van der Waals surface area contributed by atoms with Gasteiger partial charge >= 0.3 is 0 Å². The van der Waals surface area contributed by atoms with Gasteiger partial charge in [-0.25, -0.2) is 4.39 Å². The lowest BCUT2D eigenvalue weighted by atomic mass is 9.75. The van der Waals surface area contributed by atoms with Gasteiger partial charge in [-0.3, -0.25) is 0 Å². The molecular formula is C112H130FN3. The zero-order chi connectivity index (χ0) is 105. The molecule has 0 fully saturated rings. The summed E-state index contributed by atoms with van der Waals surface area (Å²) in [5.41, 5.74) is -10.8. The van der Waals surface area contributed by atoms with Gasteiger partial charge in [0.05, 0.1) is 65.3 Å². The molecule has 0 unspecified atom stereocenters. The van der Waals surface area contributed by atoms with Crippen molar-refractivity contribution in [3.8, 4) is 61.3 Å². The highest BCUT2D eigenvalue weighted by Gasteiger charge is 2.35. The lowest BCUT2D eigenvalue weighted by Crippen LogP contribution is -2.20. The van der Waals surface area contributed by atoms with Crippen molar-refractivity contribution in [3.63, 3.8) is 0 Å². The molecule has 116 heavy (non-hydrogen) atoms. The molecule has 0 saturated heterocycles. The van der Waals surface area contributed by atoms with E-state index < -0.39 is 204 Å². The Morgan fingerprint density at radius 1 is 0.259 bits per heavy atom. The summed E-state index contributed by atoms with van der Waals surface area (Å²) in [4.78, 5) is 2.85. The van der Waals surface area contributed by atoms with Crippen molar-refractivity contribution in [1.82, 2.24) is 4.57 Å². The quantitative estimate of drug-likeness (QED) is 0.121. The minimum absolute atomic E-state index is 0.00465. The Bertz CT molecular complexity index is 7130. The number of anilines is 6. The van der Waals surface area contributed by atoms with Gasteiger partial charge in [-0.05, 0) is 240 Å². The molecule has 0 aliphatic rings. The molecule has 4 heteroatoms. The first-order valence-electron chi connectivity index (χ1n) is 52.1. The Balaban J connectivity index is 1.41. The largest absolute Gasteiger partial charge is 0.309 e. The lowest BCUT2D eigenvalue weighted by Gasteiger charge is -2.36. The summed E-state index contributed by atoms with van der Waals surface area (Å²) in [6, 6.07) is 16.8. The van der Waals surface area contributed by atoms with Crippen LogP contribution < -0.4 is 9.80 Å². The normalized spacial score (nSPS) is 15.9. The predicted molar refractivity (Wildman–Crippen MR) is 504 cm³/mol. The molecule has 0 spiro atoms. The fourth-order valence-corrected chi connectivity index (χ4v) is 14.3. The van der Waals surface area contributed by atoms with Crippen molar-refractivity contribution in [2.75, 3.05) is 9.80 Å². The minimum atomic E-state index is -1.34. The van der Waals surface area contributed by atoms with Crippen molar-refractivity contribution >= 4 is 55.9 Å². The highest BCUT2D eigenvalue weighted by atomic mass is 19.1. The summed E-state index contributed by atoms with van der Waals surface area (Å²) in [5, 5.41) is 1.76. The summed E-state index contributed by atoms with van der Waals surface area (Å²) < 4.78 is 262. The van der Waals surface area contributed by atoms with Crippen LogP contribution in [0.1, 0.15) is 295 Å². The third-order valence-electron chi connectivity index (χ3n) is 21.3. The van der Waals surface area contributed by atoms with Crippen molar-refractivity contribution in [2.24, 2.45) is 0 Å². The standard InChI is InChI=1S/C112H130FN3/c1-103(2,3)76-46-42-72(43-47-76)92-62-83(110(22,23)24)64-94(75-56-81(108(16,17)18)59-82(57-75)109(19,20)21)101(92)115(87-40-35-41-88(69-87)116-99-54-51-78(105(7,8)9)60-95(99)96-61-79(106(10,11)12)52-55-100(96)116)90-68-85(113)67-89(70-90)114(86-39-34-38-74(58-86)71-36-32-31-33-37-71)102-93(73-44-48-77(49-45-73)104(4,5)6)63-84(111(25,26)27)65-97(102)91-53-50-80(107(13,14)15)66-98(91)112(28,29)30/h31-70H,1-30H3/i31D,32D,33D,36D,37D,42D,43D,44D,45D,46D,47D,48D,49D,50D,53D,56D,57D,59D,62D,63D,64D,65D,66D. The van der Waals surface area contributed by atoms with E-state index in [0.29, 0.717) is 5.69 Å². The zero-order valence-corrected chi connectivity index (χ0v) is 74.0. The Kier molecular flexibility index (Phi) is 15.1. The summed E-state index contributed by atoms with van der Waals surface area (Å²) >= 11 is 0. The second-order valence-corrected chi connectivity index (χ2v) is 41.7. The molecule has 0 bridgehead atoms. The van der Waals surface area contributed by atoms with E-state index in [-0.39, 0.29) is 129 Å². The van der Waals surface area contributed by atoms with Crippen LogP contribution in [0, 0.1) is 5.82 Å². The number of rotatable bonds is 12. The minimum Gasteiger partial charge on any atom is -0.309 e. The van der Waals surface area contributed by atoms with Crippen LogP contribution in [0.5, 0.6) is 0 Å². The number of fused-ring (bicyclic) bond motifs is 3. The van der Waals surface area contributed by atoms with E-state index in [1.54, 1.807) is 143 Å². The Morgan fingerprint density at radius 2 is 0.638 bits per heavy atom. The topological polar surface area (TPSA) is 11.4 Å². The van der Waals surface area contributed by atoms with Crippen LogP contribution in [0.25, 0.3) is 83.1 Å². The highest BCUT2D eigenvalue weighted by Crippen LogP contribution is 2.56. The average Bonchev–Trinajstić information content (AvgIpc) is 0.903. The maximum Gasteiger partial charge on any atom is 0.127 e. The maximum atomic E-state index is 20.3. The number of aromatic nitrogens is 1. The average molecular weight is 1560 g/mol. The van der Waals surface area contributed by atoms with Gasteiger partial charge < -0.3 is 14.4 Å². The monoisotopic (exact) mass is 1560 g/mol.